The van der Waals surface area contributed by atoms with Crippen LogP contribution in [0.4, 0.5) is 0 Å². The van der Waals surface area contributed by atoms with Crippen LogP contribution >= 0.6 is 0 Å². The van der Waals surface area contributed by atoms with E-state index in [-0.39, 0.29) is 24.5 Å². The Labute approximate surface area is 153 Å². The number of benzene rings is 2. The fourth-order valence-corrected chi connectivity index (χ4v) is 3.93. The highest BCUT2D eigenvalue weighted by Crippen LogP contribution is 2.28. The Balaban J connectivity index is 1.57. The van der Waals surface area contributed by atoms with Crippen LogP contribution in [-0.4, -0.2) is 28.2 Å². The molecule has 0 saturated heterocycles. The summed E-state index contributed by atoms with van der Waals surface area (Å²) in [5.41, 5.74) is 3.20. The molecule has 0 bridgehead atoms. The van der Waals surface area contributed by atoms with E-state index in [0.29, 0.717) is 6.54 Å². The Morgan fingerprint density at radius 1 is 1.08 bits per heavy atom. The number of hydrogen-bond donors (Lipinski definition) is 2. The van der Waals surface area contributed by atoms with E-state index in [4.69, 9.17) is 0 Å². The summed E-state index contributed by atoms with van der Waals surface area (Å²) in [6, 6.07) is 20.4. The number of nitrogens with zero attached hydrogens (tertiary/aromatic N) is 1. The Kier molecular flexibility index (Phi) is 4.76. The molecule has 0 aliphatic heterocycles. The molecule has 26 heavy (non-hydrogen) atoms. The van der Waals surface area contributed by atoms with Crippen molar-refractivity contribution < 1.29 is 9.90 Å². The monoisotopic (exact) mass is 348 g/mol. The molecule has 0 radical (unpaired) electrons. The molecule has 4 heteroatoms. The molecule has 4 nitrogen and oxygen atoms in total. The third kappa shape index (κ3) is 3.37. The van der Waals surface area contributed by atoms with Crippen molar-refractivity contribution in [2.24, 2.45) is 5.92 Å². The number of amides is 1. The summed E-state index contributed by atoms with van der Waals surface area (Å²) in [5, 5.41) is 14.1. The van der Waals surface area contributed by atoms with Crippen LogP contribution in [0.5, 0.6) is 0 Å². The van der Waals surface area contributed by atoms with Crippen LogP contribution in [0.2, 0.25) is 0 Å². The third-order valence-corrected chi connectivity index (χ3v) is 5.36. The molecule has 0 spiro atoms. The Bertz CT molecular complexity index is 901. The van der Waals surface area contributed by atoms with Crippen LogP contribution in [0.3, 0.4) is 0 Å². The lowest BCUT2D eigenvalue weighted by Crippen LogP contribution is -2.34. The molecule has 1 saturated carbocycles. The van der Waals surface area contributed by atoms with Gasteiger partial charge in [0.15, 0.2) is 0 Å². The van der Waals surface area contributed by atoms with Crippen LogP contribution in [0.1, 0.15) is 19.3 Å². The minimum absolute atomic E-state index is 0.0114. The van der Waals surface area contributed by atoms with Gasteiger partial charge in [-0.1, -0.05) is 55.0 Å². The van der Waals surface area contributed by atoms with Crippen molar-refractivity contribution >= 4 is 16.8 Å². The molecule has 1 aliphatic rings. The summed E-state index contributed by atoms with van der Waals surface area (Å²) in [4.78, 5) is 12.6. The highest BCUT2D eigenvalue weighted by Gasteiger charge is 2.25. The first-order chi connectivity index (χ1) is 12.7. The van der Waals surface area contributed by atoms with E-state index < -0.39 is 0 Å². The standard InChI is InChI=1S/C22H24N2O2/c25-21-12-6-10-18(21)14-23-22(26)15-24-19-11-5-4-9-17(19)13-20(24)16-7-2-1-3-8-16/h1-5,7-9,11,13,18,21,25H,6,10,12,14-15H2,(H,23,26)/t18-,21+/m0/s1. The van der Waals surface area contributed by atoms with Crippen molar-refractivity contribution in [2.45, 2.75) is 31.9 Å². The number of aliphatic hydroxyl groups excluding tert-OH is 1. The first kappa shape index (κ1) is 16.9. The highest BCUT2D eigenvalue weighted by atomic mass is 16.3. The SMILES string of the molecule is O=C(Cn1c(-c2ccccc2)cc2ccccc21)NC[C@@H]1CCC[C@H]1O. The van der Waals surface area contributed by atoms with E-state index in [1.807, 2.05) is 30.3 Å². The summed E-state index contributed by atoms with van der Waals surface area (Å²) >= 11 is 0. The van der Waals surface area contributed by atoms with Crippen molar-refractivity contribution in [1.82, 2.24) is 9.88 Å². The molecule has 134 valence electrons. The Morgan fingerprint density at radius 2 is 1.85 bits per heavy atom. The van der Waals surface area contributed by atoms with Crippen molar-refractivity contribution in [3.05, 3.63) is 60.7 Å². The average Bonchev–Trinajstić information content (AvgIpc) is 3.24. The van der Waals surface area contributed by atoms with E-state index in [1.54, 1.807) is 0 Å². The van der Waals surface area contributed by atoms with E-state index in [1.165, 1.54) is 0 Å². The van der Waals surface area contributed by atoms with Crippen molar-refractivity contribution in [3.63, 3.8) is 0 Å². The molecule has 1 aliphatic carbocycles. The lowest BCUT2D eigenvalue weighted by molar-refractivity contribution is -0.121. The fraction of sp³-hybridized carbons (Fsp3) is 0.318. The largest absolute Gasteiger partial charge is 0.393 e. The van der Waals surface area contributed by atoms with Crippen molar-refractivity contribution in [3.8, 4) is 11.3 Å². The van der Waals surface area contributed by atoms with Gasteiger partial charge in [-0.15, -0.1) is 0 Å². The Hall–Kier alpha value is -2.59. The second-order valence-corrected chi connectivity index (χ2v) is 7.10. The number of carbonyl (C=O) groups excluding carboxylic acids is 1. The maximum Gasteiger partial charge on any atom is 0.239 e. The minimum Gasteiger partial charge on any atom is -0.393 e. The topological polar surface area (TPSA) is 54.3 Å². The molecular weight excluding hydrogens is 324 g/mol. The van der Waals surface area contributed by atoms with Crippen molar-refractivity contribution in [2.75, 3.05) is 6.54 Å². The van der Waals surface area contributed by atoms with Gasteiger partial charge >= 0.3 is 0 Å². The number of aliphatic hydroxyl groups is 1. The maximum atomic E-state index is 12.6. The normalized spacial score (nSPS) is 19.7. The number of rotatable bonds is 5. The molecule has 2 atom stereocenters. The van der Waals surface area contributed by atoms with Crippen LogP contribution in [0.25, 0.3) is 22.2 Å². The van der Waals surface area contributed by atoms with Gasteiger partial charge in [-0.2, -0.15) is 0 Å². The van der Waals surface area contributed by atoms with E-state index >= 15 is 0 Å². The van der Waals surface area contributed by atoms with Gasteiger partial charge in [0.2, 0.25) is 5.91 Å². The van der Waals surface area contributed by atoms with Gasteiger partial charge in [-0.3, -0.25) is 4.79 Å². The molecule has 1 heterocycles. The summed E-state index contributed by atoms with van der Waals surface area (Å²) in [7, 11) is 0. The van der Waals surface area contributed by atoms with Crippen LogP contribution in [0, 0.1) is 5.92 Å². The molecular formula is C22H24N2O2. The predicted molar refractivity (Wildman–Crippen MR) is 104 cm³/mol. The zero-order valence-electron chi connectivity index (χ0n) is 14.8. The van der Waals surface area contributed by atoms with Gasteiger partial charge in [-0.25, -0.2) is 0 Å². The summed E-state index contributed by atoms with van der Waals surface area (Å²) < 4.78 is 2.07. The summed E-state index contributed by atoms with van der Waals surface area (Å²) in [6.45, 7) is 0.834. The smallest absolute Gasteiger partial charge is 0.239 e. The zero-order valence-corrected chi connectivity index (χ0v) is 14.8. The van der Waals surface area contributed by atoms with E-state index in [9.17, 15) is 9.90 Å². The molecule has 2 aromatic carbocycles. The number of nitrogens with one attached hydrogen (secondary N) is 1. The van der Waals surface area contributed by atoms with Crippen molar-refractivity contribution in [1.29, 1.82) is 0 Å². The lowest BCUT2D eigenvalue weighted by atomic mass is 10.1. The average molecular weight is 348 g/mol. The third-order valence-electron chi connectivity index (χ3n) is 5.36. The van der Waals surface area contributed by atoms with Gasteiger partial charge in [0.1, 0.15) is 6.54 Å². The fourth-order valence-electron chi connectivity index (χ4n) is 3.93. The molecule has 1 aromatic heterocycles. The quantitative estimate of drug-likeness (QED) is 0.740. The van der Waals surface area contributed by atoms with Gasteiger partial charge in [0.05, 0.1) is 6.10 Å². The molecule has 2 N–H and O–H groups in total. The molecule has 3 aromatic rings. The van der Waals surface area contributed by atoms with Crippen LogP contribution in [0.15, 0.2) is 60.7 Å². The summed E-state index contributed by atoms with van der Waals surface area (Å²) in [5.74, 6) is 0.177. The number of aromatic nitrogens is 1. The number of para-hydroxylation sites is 1. The zero-order chi connectivity index (χ0) is 17.9. The van der Waals surface area contributed by atoms with Crippen LogP contribution in [-0.2, 0) is 11.3 Å². The summed E-state index contributed by atoms with van der Waals surface area (Å²) in [6.07, 6.45) is 2.61. The van der Waals surface area contributed by atoms with Crippen LogP contribution < -0.4 is 5.32 Å². The van der Waals surface area contributed by atoms with E-state index in [2.05, 4.69) is 40.2 Å². The number of hydrogen-bond acceptors (Lipinski definition) is 2. The second-order valence-electron chi connectivity index (χ2n) is 7.10. The van der Waals surface area contributed by atoms with E-state index in [0.717, 1.165) is 41.4 Å². The number of carbonyl (C=O) groups is 1. The minimum atomic E-state index is -0.275. The van der Waals surface area contributed by atoms with Gasteiger partial charge < -0.3 is 15.0 Å². The molecule has 1 fully saturated rings. The maximum absolute atomic E-state index is 12.6. The first-order valence-corrected chi connectivity index (χ1v) is 9.31. The van der Waals surface area contributed by atoms with Gasteiger partial charge in [-0.05, 0) is 30.5 Å². The molecule has 1 amide bonds. The number of fused-ring (bicyclic) bond motifs is 1. The Morgan fingerprint density at radius 3 is 2.62 bits per heavy atom. The lowest BCUT2D eigenvalue weighted by Gasteiger charge is -2.16. The predicted octanol–water partition coefficient (Wildman–Crippen LogP) is 3.59. The first-order valence-electron chi connectivity index (χ1n) is 9.31. The molecule has 4 rings (SSSR count). The second kappa shape index (κ2) is 7.34. The van der Waals surface area contributed by atoms with Gasteiger partial charge in [0, 0.05) is 29.1 Å². The highest BCUT2D eigenvalue weighted by molar-refractivity contribution is 5.89. The molecule has 0 unspecified atom stereocenters. The van der Waals surface area contributed by atoms with Gasteiger partial charge in [0.25, 0.3) is 0 Å².